The van der Waals surface area contributed by atoms with Gasteiger partial charge in [-0.15, -0.1) is 0 Å². The van der Waals surface area contributed by atoms with Crippen LogP contribution in [0.2, 0.25) is 0 Å². The largest absolute Gasteiger partial charge is 0.434 e. The predicted molar refractivity (Wildman–Crippen MR) is 103 cm³/mol. The number of halogens is 4. The first-order chi connectivity index (χ1) is 14.1. The van der Waals surface area contributed by atoms with Crippen LogP contribution in [0, 0.1) is 5.92 Å². The number of alkyl halides is 3. The molecule has 2 atom stereocenters. The number of likely N-dealkylation sites (tertiary alicyclic amines) is 1. The normalized spacial score (nSPS) is 24.0. The summed E-state index contributed by atoms with van der Waals surface area (Å²) in [6.45, 7) is 2.93. The van der Waals surface area contributed by atoms with Crippen LogP contribution in [0.3, 0.4) is 0 Å². The number of piperidine rings is 1. The van der Waals surface area contributed by atoms with E-state index in [4.69, 9.17) is 9.84 Å². The standard InChI is InChI=1S/C21H29F4NO4/c1-3-4-5-16(7-6-15(2)22)17-12-20(29-14-17)8-10-26(11-9-20)19(28)30-18(13-27)21(23,24)25/h4-7,17-18,27H,3,8-14H2,1-2H3/b5-4-,15-6+,16-7+/t17?,18-/m1/s1. The van der Waals surface area contributed by atoms with Crippen LogP contribution < -0.4 is 0 Å². The Labute approximate surface area is 174 Å². The van der Waals surface area contributed by atoms with Gasteiger partial charge in [-0.25, -0.2) is 9.18 Å². The first-order valence-corrected chi connectivity index (χ1v) is 10.1. The van der Waals surface area contributed by atoms with Crippen LogP contribution in [0.5, 0.6) is 0 Å². The van der Waals surface area contributed by atoms with Crippen molar-refractivity contribution < 1.29 is 36.9 Å². The molecule has 2 saturated heterocycles. The molecule has 0 aliphatic carbocycles. The highest BCUT2D eigenvalue weighted by molar-refractivity contribution is 5.68. The molecular weight excluding hydrogens is 406 g/mol. The van der Waals surface area contributed by atoms with E-state index < -0.39 is 30.6 Å². The van der Waals surface area contributed by atoms with Crippen LogP contribution in [0.25, 0.3) is 0 Å². The number of aliphatic hydroxyl groups is 1. The Kier molecular flexibility index (Phi) is 8.49. The minimum atomic E-state index is -4.82. The monoisotopic (exact) mass is 435 g/mol. The third-order valence-corrected chi connectivity index (χ3v) is 5.44. The van der Waals surface area contributed by atoms with Crippen molar-refractivity contribution in [3.05, 3.63) is 35.7 Å². The summed E-state index contributed by atoms with van der Waals surface area (Å²) in [5, 5.41) is 8.82. The SMILES string of the molecule is CC\C=C/C(=C\C=C(/C)F)C1COC2(CCN(C(=O)O[C@H](CO)C(F)(F)F)CC2)C1. The van der Waals surface area contributed by atoms with Crippen molar-refractivity contribution in [1.82, 2.24) is 4.90 Å². The third-order valence-electron chi connectivity index (χ3n) is 5.44. The molecule has 0 aromatic heterocycles. The highest BCUT2D eigenvalue weighted by atomic mass is 19.4. The summed E-state index contributed by atoms with van der Waals surface area (Å²) in [5.41, 5.74) is 0.499. The number of rotatable bonds is 6. The number of nitrogens with zero attached hydrogens (tertiary/aromatic N) is 1. The molecule has 5 nitrogen and oxygen atoms in total. The van der Waals surface area contributed by atoms with E-state index in [0.717, 1.165) is 12.0 Å². The van der Waals surface area contributed by atoms with Gasteiger partial charge in [0.2, 0.25) is 6.10 Å². The van der Waals surface area contributed by atoms with E-state index in [2.05, 4.69) is 4.74 Å². The lowest BCUT2D eigenvalue weighted by Crippen LogP contribution is -2.49. The zero-order chi connectivity index (χ0) is 22.4. The number of carbonyl (C=O) groups is 1. The molecule has 0 aromatic rings. The molecule has 2 aliphatic rings. The van der Waals surface area contributed by atoms with E-state index in [1.54, 1.807) is 6.08 Å². The van der Waals surface area contributed by atoms with Gasteiger partial charge in [-0.3, -0.25) is 0 Å². The molecule has 0 bridgehead atoms. The maximum atomic E-state index is 13.2. The number of carbonyl (C=O) groups excluding carboxylic acids is 1. The highest BCUT2D eigenvalue weighted by Gasteiger charge is 2.46. The summed E-state index contributed by atoms with van der Waals surface area (Å²) in [6, 6.07) is 0. The molecule has 0 saturated carbocycles. The molecule has 170 valence electrons. The summed E-state index contributed by atoms with van der Waals surface area (Å²) in [5.74, 6) is -0.219. The van der Waals surface area contributed by atoms with Crippen LogP contribution in [0.1, 0.15) is 39.5 Å². The zero-order valence-electron chi connectivity index (χ0n) is 17.3. The fraction of sp³-hybridized carbons (Fsp3) is 0.667. The van der Waals surface area contributed by atoms with E-state index >= 15 is 0 Å². The summed E-state index contributed by atoms with van der Waals surface area (Å²) in [7, 11) is 0. The molecule has 9 heteroatoms. The van der Waals surface area contributed by atoms with Gasteiger partial charge in [0, 0.05) is 19.0 Å². The Morgan fingerprint density at radius 2 is 2.00 bits per heavy atom. The highest BCUT2D eigenvalue weighted by Crippen LogP contribution is 2.41. The molecule has 1 amide bonds. The van der Waals surface area contributed by atoms with E-state index in [9.17, 15) is 22.4 Å². The van der Waals surface area contributed by atoms with Crippen molar-refractivity contribution in [2.45, 2.75) is 57.4 Å². The lowest BCUT2D eigenvalue weighted by molar-refractivity contribution is -0.215. The number of hydrogen-bond donors (Lipinski definition) is 1. The maximum absolute atomic E-state index is 13.2. The smallest absolute Gasteiger partial charge is 0.427 e. The Morgan fingerprint density at radius 1 is 1.33 bits per heavy atom. The van der Waals surface area contributed by atoms with Gasteiger partial charge < -0.3 is 19.5 Å². The molecule has 1 spiro atoms. The second-order valence-corrected chi connectivity index (χ2v) is 7.71. The van der Waals surface area contributed by atoms with Crippen molar-refractivity contribution in [1.29, 1.82) is 0 Å². The molecule has 0 radical (unpaired) electrons. The zero-order valence-corrected chi connectivity index (χ0v) is 17.3. The van der Waals surface area contributed by atoms with Crippen LogP contribution in [-0.4, -0.2) is 60.3 Å². The molecule has 1 unspecified atom stereocenters. The molecule has 2 rings (SSSR count). The first kappa shape index (κ1) is 24.4. The number of amides is 1. The minimum absolute atomic E-state index is 0.0749. The van der Waals surface area contributed by atoms with Gasteiger partial charge in [-0.2, -0.15) is 13.2 Å². The van der Waals surface area contributed by atoms with Crippen LogP contribution >= 0.6 is 0 Å². The number of hydrogen-bond acceptors (Lipinski definition) is 4. The second kappa shape index (κ2) is 10.4. The molecule has 2 heterocycles. The second-order valence-electron chi connectivity index (χ2n) is 7.71. The Balaban J connectivity index is 1.97. The fourth-order valence-electron chi connectivity index (χ4n) is 3.70. The van der Waals surface area contributed by atoms with E-state index in [1.165, 1.54) is 17.9 Å². The van der Waals surface area contributed by atoms with E-state index in [0.29, 0.717) is 25.9 Å². The fourth-order valence-corrected chi connectivity index (χ4v) is 3.70. The molecule has 2 fully saturated rings. The van der Waals surface area contributed by atoms with Gasteiger partial charge in [0.15, 0.2) is 0 Å². The maximum Gasteiger partial charge on any atom is 0.427 e. The van der Waals surface area contributed by atoms with Gasteiger partial charge in [0.1, 0.15) is 0 Å². The van der Waals surface area contributed by atoms with E-state index in [1.807, 2.05) is 19.1 Å². The first-order valence-electron chi connectivity index (χ1n) is 10.1. The van der Waals surface area contributed by atoms with Crippen LogP contribution in [0.4, 0.5) is 22.4 Å². The topological polar surface area (TPSA) is 59.0 Å². The van der Waals surface area contributed by atoms with Crippen molar-refractivity contribution in [2.75, 3.05) is 26.3 Å². The van der Waals surface area contributed by atoms with Gasteiger partial charge in [0.25, 0.3) is 0 Å². The predicted octanol–water partition coefficient (Wildman–Crippen LogP) is 4.68. The average Bonchev–Trinajstić information content (AvgIpc) is 3.08. The summed E-state index contributed by atoms with van der Waals surface area (Å²) in [4.78, 5) is 13.3. The molecule has 1 N–H and O–H groups in total. The Hall–Kier alpha value is -1.87. The van der Waals surface area contributed by atoms with Gasteiger partial charge in [-0.05, 0) is 44.3 Å². The Bertz CT molecular complexity index is 675. The Morgan fingerprint density at radius 3 is 2.53 bits per heavy atom. The molecular formula is C21H29F4NO4. The number of aliphatic hydroxyl groups excluding tert-OH is 1. The lowest BCUT2D eigenvalue weighted by Gasteiger charge is -2.38. The minimum Gasteiger partial charge on any atom is -0.434 e. The number of ether oxygens (including phenoxy) is 2. The molecule has 0 aromatic carbocycles. The van der Waals surface area contributed by atoms with Crippen molar-refractivity contribution in [3.63, 3.8) is 0 Å². The number of allylic oxidation sites excluding steroid dienone is 5. The van der Waals surface area contributed by atoms with Crippen molar-refractivity contribution >= 4 is 6.09 Å². The van der Waals surface area contributed by atoms with Gasteiger partial charge >= 0.3 is 12.3 Å². The van der Waals surface area contributed by atoms with Crippen LogP contribution in [0.15, 0.2) is 35.7 Å². The van der Waals surface area contributed by atoms with Crippen molar-refractivity contribution in [2.24, 2.45) is 5.92 Å². The third kappa shape index (κ3) is 6.57. The summed E-state index contributed by atoms with van der Waals surface area (Å²) < 4.78 is 61.7. The quantitative estimate of drug-likeness (QED) is 0.486. The molecule has 30 heavy (non-hydrogen) atoms. The molecule has 2 aliphatic heterocycles. The summed E-state index contributed by atoms with van der Waals surface area (Å²) >= 11 is 0. The average molecular weight is 435 g/mol. The van der Waals surface area contributed by atoms with E-state index in [-0.39, 0.29) is 24.8 Å². The van der Waals surface area contributed by atoms with Crippen LogP contribution in [-0.2, 0) is 9.47 Å². The van der Waals surface area contributed by atoms with Gasteiger partial charge in [0.05, 0.1) is 24.6 Å². The lowest BCUT2D eigenvalue weighted by atomic mass is 9.83. The summed E-state index contributed by atoms with van der Waals surface area (Å²) in [6.07, 6.45) is 1.15. The van der Waals surface area contributed by atoms with Crippen molar-refractivity contribution in [3.8, 4) is 0 Å². The van der Waals surface area contributed by atoms with Gasteiger partial charge in [-0.1, -0.05) is 25.2 Å².